The van der Waals surface area contributed by atoms with E-state index in [4.69, 9.17) is 4.74 Å². The Balaban J connectivity index is 2.40. The van der Waals surface area contributed by atoms with Crippen molar-refractivity contribution in [3.8, 4) is 5.75 Å². The van der Waals surface area contributed by atoms with Crippen LogP contribution in [0.4, 0.5) is 0 Å². The number of oxime groups is 1. The third kappa shape index (κ3) is 3.12. The molecule has 0 amide bonds. The van der Waals surface area contributed by atoms with E-state index in [2.05, 4.69) is 32.5 Å². The Hall–Kier alpha value is -1.88. The van der Waals surface area contributed by atoms with Gasteiger partial charge in [0.15, 0.2) is 0 Å². The molecule has 4 nitrogen and oxygen atoms in total. The van der Waals surface area contributed by atoms with Gasteiger partial charge in [-0.2, -0.15) is 0 Å². The number of carbonyl (C=O) groups is 1. The molecule has 1 aliphatic heterocycles. The number of benzene rings is 1. The van der Waals surface area contributed by atoms with Crippen LogP contribution in [-0.2, 0) is 9.63 Å². The monoisotopic (exact) mass is 321 g/mol. The van der Waals surface area contributed by atoms with Crippen molar-refractivity contribution in [2.75, 3.05) is 6.61 Å². The largest absolute Gasteiger partial charge is 0.489 e. The minimum Gasteiger partial charge on any atom is -0.489 e. The van der Waals surface area contributed by atoms with Gasteiger partial charge in [0.25, 0.3) is 0 Å². The third-order valence-corrected chi connectivity index (χ3v) is 3.00. The van der Waals surface area contributed by atoms with Crippen LogP contribution in [0.1, 0.15) is 12.5 Å². The van der Waals surface area contributed by atoms with Crippen molar-refractivity contribution in [1.82, 2.24) is 0 Å². The summed E-state index contributed by atoms with van der Waals surface area (Å²) in [5.41, 5.74) is 1.76. The van der Waals surface area contributed by atoms with Crippen LogP contribution in [0, 0.1) is 0 Å². The van der Waals surface area contributed by atoms with Gasteiger partial charge in [-0.3, -0.25) is 0 Å². The highest BCUT2D eigenvalue weighted by molar-refractivity contribution is 9.10. The van der Waals surface area contributed by atoms with Crippen LogP contribution < -0.4 is 4.74 Å². The molecular formula is C14H12BrNO3. The summed E-state index contributed by atoms with van der Waals surface area (Å²) < 4.78 is 6.44. The number of ether oxygens (including phenoxy) is 1. The molecule has 2 rings (SSSR count). The summed E-state index contributed by atoms with van der Waals surface area (Å²) in [5.74, 6) is 0.218. The molecule has 0 radical (unpaired) electrons. The van der Waals surface area contributed by atoms with Crippen molar-refractivity contribution in [1.29, 1.82) is 0 Å². The molecule has 0 atom stereocenters. The van der Waals surface area contributed by atoms with Crippen molar-refractivity contribution in [2.24, 2.45) is 5.16 Å². The number of carbonyl (C=O) groups excluding carboxylic acids is 1. The molecule has 0 saturated carbocycles. The molecule has 0 aliphatic carbocycles. The SMILES string of the molecule is C=CCOc1ccc(Br)cc1/C=C1/C(=O)ON=C1C. The van der Waals surface area contributed by atoms with Gasteiger partial charge in [0, 0.05) is 10.0 Å². The molecule has 1 aliphatic rings. The van der Waals surface area contributed by atoms with Crippen LogP contribution in [0.25, 0.3) is 6.08 Å². The van der Waals surface area contributed by atoms with E-state index in [1.807, 2.05) is 18.2 Å². The van der Waals surface area contributed by atoms with E-state index in [-0.39, 0.29) is 0 Å². The Morgan fingerprint density at radius 1 is 1.53 bits per heavy atom. The van der Waals surface area contributed by atoms with Gasteiger partial charge in [0.1, 0.15) is 12.4 Å². The van der Waals surface area contributed by atoms with E-state index in [0.29, 0.717) is 23.6 Å². The lowest BCUT2D eigenvalue weighted by Gasteiger charge is -2.08. The van der Waals surface area contributed by atoms with E-state index < -0.39 is 5.97 Å². The highest BCUT2D eigenvalue weighted by atomic mass is 79.9. The fraction of sp³-hybridized carbons (Fsp3) is 0.143. The smallest absolute Gasteiger partial charge is 0.367 e. The molecular weight excluding hydrogens is 310 g/mol. The molecule has 98 valence electrons. The lowest BCUT2D eigenvalue weighted by Crippen LogP contribution is -2.02. The zero-order valence-corrected chi connectivity index (χ0v) is 11.9. The van der Waals surface area contributed by atoms with Crippen molar-refractivity contribution < 1.29 is 14.4 Å². The Morgan fingerprint density at radius 3 is 2.95 bits per heavy atom. The molecule has 19 heavy (non-hydrogen) atoms. The second-order valence-electron chi connectivity index (χ2n) is 3.90. The van der Waals surface area contributed by atoms with Crippen molar-refractivity contribution in [2.45, 2.75) is 6.92 Å². The highest BCUT2D eigenvalue weighted by Gasteiger charge is 2.22. The summed E-state index contributed by atoms with van der Waals surface area (Å²) in [6, 6.07) is 5.56. The van der Waals surface area contributed by atoms with Gasteiger partial charge in [0.05, 0.1) is 11.3 Å². The lowest BCUT2D eigenvalue weighted by atomic mass is 10.1. The fourth-order valence-electron chi connectivity index (χ4n) is 1.59. The summed E-state index contributed by atoms with van der Waals surface area (Å²) >= 11 is 3.39. The average molecular weight is 322 g/mol. The predicted octanol–water partition coefficient (Wildman–Crippen LogP) is 3.33. The first kappa shape index (κ1) is 13.5. The molecule has 1 heterocycles. The van der Waals surface area contributed by atoms with Gasteiger partial charge >= 0.3 is 5.97 Å². The molecule has 5 heteroatoms. The first-order chi connectivity index (χ1) is 9.11. The van der Waals surface area contributed by atoms with E-state index in [9.17, 15) is 4.79 Å². The highest BCUT2D eigenvalue weighted by Crippen LogP contribution is 2.27. The molecule has 0 N–H and O–H groups in total. The number of hydrogen-bond acceptors (Lipinski definition) is 4. The molecule has 0 unspecified atom stereocenters. The maximum atomic E-state index is 11.5. The van der Waals surface area contributed by atoms with Gasteiger partial charge in [-0.25, -0.2) is 4.79 Å². The minimum absolute atomic E-state index is 0.398. The van der Waals surface area contributed by atoms with Crippen LogP contribution in [0.15, 0.2) is 46.1 Å². The van der Waals surface area contributed by atoms with Crippen molar-refractivity contribution in [3.05, 3.63) is 46.5 Å². The maximum Gasteiger partial charge on any atom is 0.367 e. The van der Waals surface area contributed by atoms with Crippen LogP contribution in [0.2, 0.25) is 0 Å². The average Bonchev–Trinajstić information content (AvgIpc) is 2.70. The predicted molar refractivity (Wildman–Crippen MR) is 77.0 cm³/mol. The van der Waals surface area contributed by atoms with Gasteiger partial charge in [-0.1, -0.05) is 33.7 Å². The first-order valence-electron chi connectivity index (χ1n) is 5.63. The number of nitrogens with zero attached hydrogens (tertiary/aromatic N) is 1. The van der Waals surface area contributed by atoms with Crippen LogP contribution in [-0.4, -0.2) is 18.3 Å². The zero-order valence-electron chi connectivity index (χ0n) is 10.4. The molecule has 1 aromatic rings. The quantitative estimate of drug-likeness (QED) is 0.485. The van der Waals surface area contributed by atoms with Crippen molar-refractivity contribution >= 4 is 33.7 Å². The normalized spacial score (nSPS) is 16.2. The topological polar surface area (TPSA) is 47.9 Å². The molecule has 0 spiro atoms. The van der Waals surface area contributed by atoms with E-state index in [0.717, 1.165) is 10.0 Å². The Kier molecular flexibility index (Phi) is 4.16. The number of hydrogen-bond donors (Lipinski definition) is 0. The van der Waals surface area contributed by atoms with E-state index in [1.165, 1.54) is 0 Å². The summed E-state index contributed by atoms with van der Waals surface area (Å²) in [6.07, 6.45) is 3.37. The van der Waals surface area contributed by atoms with Crippen LogP contribution in [0.3, 0.4) is 0 Å². The summed E-state index contributed by atoms with van der Waals surface area (Å²) in [4.78, 5) is 16.1. The lowest BCUT2D eigenvalue weighted by molar-refractivity contribution is -0.136. The summed E-state index contributed by atoms with van der Waals surface area (Å²) in [7, 11) is 0. The van der Waals surface area contributed by atoms with E-state index in [1.54, 1.807) is 19.1 Å². The number of halogens is 1. The van der Waals surface area contributed by atoms with Crippen molar-refractivity contribution in [3.63, 3.8) is 0 Å². The molecule has 1 aromatic carbocycles. The molecule has 0 bridgehead atoms. The zero-order chi connectivity index (χ0) is 13.8. The fourth-order valence-corrected chi connectivity index (χ4v) is 1.97. The second-order valence-corrected chi connectivity index (χ2v) is 4.81. The van der Waals surface area contributed by atoms with Gasteiger partial charge in [0.2, 0.25) is 0 Å². The standard InChI is InChI=1S/C14H12BrNO3/c1-3-6-18-13-5-4-11(15)7-10(13)8-12-9(2)16-19-14(12)17/h3-5,7-8H,1,6H2,2H3/b12-8+. The molecule has 0 fully saturated rings. The third-order valence-electron chi connectivity index (χ3n) is 2.50. The van der Waals surface area contributed by atoms with Gasteiger partial charge in [-0.05, 0) is 31.2 Å². The number of rotatable bonds is 4. The van der Waals surface area contributed by atoms with Gasteiger partial charge in [-0.15, -0.1) is 0 Å². The van der Waals surface area contributed by atoms with Crippen LogP contribution >= 0.6 is 15.9 Å². The second kappa shape index (κ2) is 5.84. The first-order valence-corrected chi connectivity index (χ1v) is 6.42. The Labute approximate surface area is 119 Å². The molecule has 0 saturated heterocycles. The summed E-state index contributed by atoms with van der Waals surface area (Å²) in [5, 5.41) is 3.64. The maximum absolute atomic E-state index is 11.5. The van der Waals surface area contributed by atoms with E-state index >= 15 is 0 Å². The Morgan fingerprint density at radius 2 is 2.32 bits per heavy atom. The minimum atomic E-state index is -0.452. The summed E-state index contributed by atoms with van der Waals surface area (Å²) in [6.45, 7) is 5.73. The molecule has 0 aromatic heterocycles. The van der Waals surface area contributed by atoms with Gasteiger partial charge < -0.3 is 9.57 Å². The van der Waals surface area contributed by atoms with Crippen LogP contribution in [0.5, 0.6) is 5.75 Å². The Bertz CT molecular complexity index is 590.